The average Bonchev–Trinajstić information content (AvgIpc) is 2.60. The van der Waals surface area contributed by atoms with Gasteiger partial charge in [0, 0.05) is 17.3 Å². The normalized spacial score (nSPS) is 11.7. The molecule has 0 radical (unpaired) electrons. The first-order valence-electron chi connectivity index (χ1n) is 8.17. The summed E-state index contributed by atoms with van der Waals surface area (Å²) in [7, 11) is -2.31. The molecule has 0 atom stereocenters. The summed E-state index contributed by atoms with van der Waals surface area (Å²) in [5.41, 5.74) is 0. The largest absolute Gasteiger partial charge is 0.496 e. The van der Waals surface area contributed by atoms with Crippen molar-refractivity contribution >= 4 is 26.8 Å². The lowest BCUT2D eigenvalue weighted by Crippen LogP contribution is -2.37. The Morgan fingerprint density at radius 3 is 2.36 bits per heavy atom. The van der Waals surface area contributed by atoms with Crippen molar-refractivity contribution in [1.82, 2.24) is 4.31 Å². The number of ether oxygens (including phenoxy) is 2. The first-order chi connectivity index (χ1) is 12.0. The van der Waals surface area contributed by atoms with Crippen molar-refractivity contribution in [3.05, 3.63) is 36.4 Å². The van der Waals surface area contributed by atoms with Crippen LogP contribution < -0.4 is 4.74 Å². The SMILES string of the molecule is CCCN(CC(=O)OCC)S(=O)(=O)c1ccc(OC)c2ccccc12. The number of esters is 1. The van der Waals surface area contributed by atoms with E-state index in [0.29, 0.717) is 22.9 Å². The van der Waals surface area contributed by atoms with E-state index < -0.39 is 16.0 Å². The number of fused-ring (bicyclic) bond motifs is 1. The smallest absolute Gasteiger partial charge is 0.321 e. The standard InChI is InChI=1S/C18H23NO5S/c1-4-12-19(13-18(20)24-5-2)25(21,22)17-11-10-16(23-3)14-8-6-7-9-15(14)17/h6-11H,4-5,12-13H2,1-3H3. The molecular formula is C18H23NO5S. The van der Waals surface area contributed by atoms with Gasteiger partial charge in [-0.2, -0.15) is 4.31 Å². The molecule has 0 aromatic heterocycles. The van der Waals surface area contributed by atoms with E-state index in [0.717, 1.165) is 0 Å². The van der Waals surface area contributed by atoms with Gasteiger partial charge in [-0.3, -0.25) is 4.79 Å². The number of carbonyl (C=O) groups excluding carboxylic acids is 1. The van der Waals surface area contributed by atoms with Crippen LogP contribution in [0.1, 0.15) is 20.3 Å². The van der Waals surface area contributed by atoms with Gasteiger partial charge in [-0.25, -0.2) is 8.42 Å². The topological polar surface area (TPSA) is 72.9 Å². The van der Waals surface area contributed by atoms with Gasteiger partial charge in [0.15, 0.2) is 0 Å². The van der Waals surface area contributed by atoms with Gasteiger partial charge in [-0.1, -0.05) is 31.2 Å². The zero-order valence-corrected chi connectivity index (χ0v) is 15.5. The molecule has 0 aliphatic rings. The number of benzene rings is 2. The summed E-state index contributed by atoms with van der Waals surface area (Å²) in [5.74, 6) is 0.0410. The van der Waals surface area contributed by atoms with Gasteiger partial charge in [0.05, 0.1) is 18.6 Å². The van der Waals surface area contributed by atoms with Crippen LogP contribution in [0.3, 0.4) is 0 Å². The molecule has 0 saturated heterocycles. The summed E-state index contributed by atoms with van der Waals surface area (Å²) in [6.45, 7) is 3.70. The van der Waals surface area contributed by atoms with Crippen molar-refractivity contribution in [3.63, 3.8) is 0 Å². The second-order valence-corrected chi connectivity index (χ2v) is 7.36. The van der Waals surface area contributed by atoms with Gasteiger partial charge >= 0.3 is 5.97 Å². The minimum absolute atomic E-state index is 0.154. The fourth-order valence-corrected chi connectivity index (χ4v) is 4.34. The molecule has 0 fully saturated rings. The Labute approximate surface area is 148 Å². The molecule has 6 nitrogen and oxygen atoms in total. The average molecular weight is 365 g/mol. The zero-order valence-electron chi connectivity index (χ0n) is 14.7. The highest BCUT2D eigenvalue weighted by Gasteiger charge is 2.28. The van der Waals surface area contributed by atoms with Gasteiger partial charge in [0.1, 0.15) is 12.3 Å². The Bertz CT molecular complexity index is 848. The second kappa shape index (κ2) is 8.31. The lowest BCUT2D eigenvalue weighted by atomic mass is 10.1. The van der Waals surface area contributed by atoms with Crippen LogP contribution in [0.2, 0.25) is 0 Å². The van der Waals surface area contributed by atoms with Crippen LogP contribution in [0.5, 0.6) is 5.75 Å². The van der Waals surface area contributed by atoms with E-state index in [2.05, 4.69) is 0 Å². The molecule has 0 aliphatic carbocycles. The van der Waals surface area contributed by atoms with E-state index in [1.807, 2.05) is 19.1 Å². The van der Waals surface area contributed by atoms with E-state index in [4.69, 9.17) is 9.47 Å². The fraction of sp³-hybridized carbons (Fsp3) is 0.389. The molecule has 136 valence electrons. The van der Waals surface area contributed by atoms with Gasteiger partial charge in [-0.15, -0.1) is 0 Å². The van der Waals surface area contributed by atoms with E-state index in [-0.39, 0.29) is 24.6 Å². The summed E-state index contributed by atoms with van der Waals surface area (Å²) < 4.78 is 37.7. The van der Waals surface area contributed by atoms with Crippen molar-refractivity contribution in [2.45, 2.75) is 25.2 Å². The Balaban J connectivity index is 2.53. The number of nitrogens with zero attached hydrogens (tertiary/aromatic N) is 1. The fourth-order valence-electron chi connectivity index (χ4n) is 2.67. The van der Waals surface area contributed by atoms with Gasteiger partial charge < -0.3 is 9.47 Å². The maximum absolute atomic E-state index is 13.2. The van der Waals surface area contributed by atoms with Crippen molar-refractivity contribution in [3.8, 4) is 5.75 Å². The summed E-state index contributed by atoms with van der Waals surface area (Å²) in [6.07, 6.45) is 0.590. The van der Waals surface area contributed by atoms with Crippen molar-refractivity contribution < 1.29 is 22.7 Å². The van der Waals surface area contributed by atoms with Crippen molar-refractivity contribution in [1.29, 1.82) is 0 Å². The summed E-state index contributed by atoms with van der Waals surface area (Å²) in [5, 5.41) is 1.27. The third kappa shape index (κ3) is 4.11. The number of rotatable bonds is 8. The number of hydrogen-bond donors (Lipinski definition) is 0. The van der Waals surface area contributed by atoms with Crippen LogP contribution in [0, 0.1) is 0 Å². The number of methoxy groups -OCH3 is 1. The number of carbonyl (C=O) groups is 1. The minimum atomic E-state index is -3.85. The minimum Gasteiger partial charge on any atom is -0.496 e. The molecule has 0 amide bonds. The third-order valence-electron chi connectivity index (χ3n) is 3.77. The first kappa shape index (κ1) is 19.2. The molecule has 7 heteroatoms. The van der Waals surface area contributed by atoms with Crippen LogP contribution in [-0.4, -0.2) is 45.5 Å². The highest BCUT2D eigenvalue weighted by molar-refractivity contribution is 7.89. The highest BCUT2D eigenvalue weighted by atomic mass is 32.2. The highest BCUT2D eigenvalue weighted by Crippen LogP contribution is 2.32. The number of hydrogen-bond acceptors (Lipinski definition) is 5. The van der Waals surface area contributed by atoms with Gasteiger partial charge in [-0.05, 0) is 25.5 Å². The maximum atomic E-state index is 13.2. The monoisotopic (exact) mass is 365 g/mol. The Morgan fingerprint density at radius 2 is 1.76 bits per heavy atom. The molecule has 0 bridgehead atoms. The molecule has 2 rings (SSSR count). The van der Waals surface area contributed by atoms with Crippen LogP contribution >= 0.6 is 0 Å². The molecule has 0 aliphatic heterocycles. The molecule has 0 unspecified atom stereocenters. The Hall–Kier alpha value is -2.12. The molecule has 0 heterocycles. The summed E-state index contributed by atoms with van der Waals surface area (Å²) >= 11 is 0. The van der Waals surface area contributed by atoms with Gasteiger partial charge in [0.2, 0.25) is 10.0 Å². The zero-order chi connectivity index (χ0) is 18.4. The van der Waals surface area contributed by atoms with Gasteiger partial charge in [0.25, 0.3) is 0 Å². The van der Waals surface area contributed by atoms with E-state index in [9.17, 15) is 13.2 Å². The van der Waals surface area contributed by atoms with E-state index in [1.54, 1.807) is 32.2 Å². The van der Waals surface area contributed by atoms with Crippen LogP contribution in [-0.2, 0) is 19.6 Å². The summed E-state index contributed by atoms with van der Waals surface area (Å²) in [4.78, 5) is 12.0. The van der Waals surface area contributed by atoms with Crippen LogP contribution in [0.15, 0.2) is 41.3 Å². The second-order valence-electron chi connectivity index (χ2n) is 5.46. The molecule has 2 aromatic carbocycles. The van der Waals surface area contributed by atoms with E-state index >= 15 is 0 Å². The molecule has 0 N–H and O–H groups in total. The Morgan fingerprint density at radius 1 is 1.08 bits per heavy atom. The Kier molecular flexibility index (Phi) is 6.39. The van der Waals surface area contributed by atoms with E-state index in [1.165, 1.54) is 10.4 Å². The van der Waals surface area contributed by atoms with Crippen molar-refractivity contribution in [2.24, 2.45) is 0 Å². The lowest BCUT2D eigenvalue weighted by Gasteiger charge is -2.22. The third-order valence-corrected chi connectivity index (χ3v) is 5.67. The molecule has 0 spiro atoms. The van der Waals surface area contributed by atoms with Crippen LogP contribution in [0.25, 0.3) is 10.8 Å². The number of sulfonamides is 1. The van der Waals surface area contributed by atoms with Crippen LogP contribution in [0.4, 0.5) is 0 Å². The summed E-state index contributed by atoms with van der Waals surface area (Å²) in [6, 6.07) is 10.3. The molecule has 0 saturated carbocycles. The molecular weight excluding hydrogens is 342 g/mol. The maximum Gasteiger partial charge on any atom is 0.321 e. The lowest BCUT2D eigenvalue weighted by molar-refractivity contribution is -0.143. The predicted octanol–water partition coefficient (Wildman–Crippen LogP) is 2.81. The predicted molar refractivity (Wildman–Crippen MR) is 96.2 cm³/mol. The molecule has 2 aromatic rings. The molecule has 25 heavy (non-hydrogen) atoms. The first-order valence-corrected chi connectivity index (χ1v) is 9.61. The quantitative estimate of drug-likeness (QED) is 0.673. The van der Waals surface area contributed by atoms with Crippen molar-refractivity contribution in [2.75, 3.05) is 26.8 Å².